The molecule has 0 aromatic carbocycles. The summed E-state index contributed by atoms with van der Waals surface area (Å²) in [5.41, 5.74) is -1.65. The fourth-order valence-corrected chi connectivity index (χ4v) is 1.71. The van der Waals surface area contributed by atoms with Gasteiger partial charge in [0.2, 0.25) is 5.60 Å². The minimum absolute atomic E-state index is 0.0793. The molecule has 0 radical (unpaired) electrons. The maximum Gasteiger partial charge on any atom is 0.303 e. The molecule has 6 heteroatoms. The molecule has 17 heavy (non-hydrogen) atoms. The summed E-state index contributed by atoms with van der Waals surface area (Å²) in [6.45, 7) is 2.43. The van der Waals surface area contributed by atoms with Crippen LogP contribution < -0.4 is 5.11 Å². The summed E-state index contributed by atoms with van der Waals surface area (Å²) in [5, 5.41) is 10.7. The largest absolute Gasteiger partial charge is 0.550 e. The van der Waals surface area contributed by atoms with Crippen molar-refractivity contribution in [2.24, 2.45) is 0 Å². The molecule has 0 heterocycles. The Labute approximate surface area is 101 Å². The fourth-order valence-electron chi connectivity index (χ4n) is 1.71. The number of Topliss-reactive ketones (excluding diaryl/α,β-unsaturated/α-hetero) is 1. The van der Waals surface area contributed by atoms with Gasteiger partial charge in [-0.2, -0.15) is 0 Å². The third kappa shape index (κ3) is 5.44. The molecule has 1 atom stereocenters. The maximum atomic E-state index is 11.6. The number of carbonyl (C=O) groups is 3. The Hall–Kier alpha value is -1.43. The van der Waals surface area contributed by atoms with E-state index < -0.39 is 29.7 Å². The zero-order valence-corrected chi connectivity index (χ0v) is 10.9. The molecule has 0 amide bonds. The minimum atomic E-state index is -1.65. The highest BCUT2D eigenvalue weighted by molar-refractivity contribution is 5.91. The summed E-state index contributed by atoms with van der Waals surface area (Å²) in [7, 11) is 5.32. The van der Waals surface area contributed by atoms with E-state index in [0.29, 0.717) is 4.48 Å². The van der Waals surface area contributed by atoms with Crippen LogP contribution in [0.15, 0.2) is 0 Å². The van der Waals surface area contributed by atoms with E-state index in [-0.39, 0.29) is 6.54 Å². The smallest absolute Gasteiger partial charge is 0.303 e. The number of nitrogens with zero attached hydrogens (tertiary/aromatic N) is 1. The lowest BCUT2D eigenvalue weighted by atomic mass is 9.93. The number of rotatable bonds is 6. The van der Waals surface area contributed by atoms with E-state index in [2.05, 4.69) is 0 Å². The number of hydrogen-bond donors (Lipinski definition) is 0. The lowest BCUT2D eigenvalue weighted by Gasteiger charge is -2.37. The molecular weight excluding hydrogens is 226 g/mol. The molecule has 0 saturated carbocycles. The van der Waals surface area contributed by atoms with Gasteiger partial charge in [0.1, 0.15) is 6.54 Å². The average Bonchev–Trinajstić information content (AvgIpc) is 1.96. The molecule has 0 unspecified atom stereocenters. The molecule has 0 aromatic heterocycles. The van der Waals surface area contributed by atoms with Gasteiger partial charge < -0.3 is 19.1 Å². The summed E-state index contributed by atoms with van der Waals surface area (Å²) >= 11 is 0. The third-order valence-corrected chi connectivity index (χ3v) is 2.14. The van der Waals surface area contributed by atoms with Crippen molar-refractivity contribution in [3.63, 3.8) is 0 Å². The highest BCUT2D eigenvalue weighted by Gasteiger charge is 2.44. The van der Waals surface area contributed by atoms with Gasteiger partial charge in [0.05, 0.1) is 21.1 Å². The Bertz CT molecular complexity index is 313. The van der Waals surface area contributed by atoms with E-state index >= 15 is 0 Å². The number of likely N-dealkylation sites (N-methyl/N-ethyl adjacent to an activating group) is 1. The number of hydrogen-bond acceptors (Lipinski definition) is 5. The fraction of sp³-hybridized carbons (Fsp3) is 0.727. The molecule has 0 aliphatic rings. The minimum Gasteiger partial charge on any atom is -0.550 e. The van der Waals surface area contributed by atoms with E-state index in [0.717, 1.165) is 6.92 Å². The van der Waals surface area contributed by atoms with Crippen molar-refractivity contribution in [3.8, 4) is 0 Å². The van der Waals surface area contributed by atoms with E-state index in [1.807, 2.05) is 0 Å². The summed E-state index contributed by atoms with van der Waals surface area (Å²) in [5.74, 6) is -2.60. The maximum absolute atomic E-state index is 11.6. The van der Waals surface area contributed by atoms with E-state index in [9.17, 15) is 19.5 Å². The van der Waals surface area contributed by atoms with Crippen LogP contribution >= 0.6 is 0 Å². The molecule has 0 N–H and O–H groups in total. The third-order valence-electron chi connectivity index (χ3n) is 2.14. The molecule has 0 aromatic rings. The van der Waals surface area contributed by atoms with Crippen molar-refractivity contribution in [3.05, 3.63) is 0 Å². The first kappa shape index (κ1) is 15.6. The molecule has 0 saturated heterocycles. The zero-order valence-electron chi connectivity index (χ0n) is 10.9. The van der Waals surface area contributed by atoms with Crippen LogP contribution in [0.3, 0.4) is 0 Å². The second kappa shape index (κ2) is 5.27. The summed E-state index contributed by atoms with van der Waals surface area (Å²) in [6.07, 6.45) is -0.628. The first-order valence-corrected chi connectivity index (χ1v) is 5.19. The second-order valence-electron chi connectivity index (χ2n) is 5.14. The summed E-state index contributed by atoms with van der Waals surface area (Å²) in [6, 6.07) is 0. The van der Waals surface area contributed by atoms with Gasteiger partial charge in [0.25, 0.3) is 0 Å². The molecule has 0 aliphatic heterocycles. The molecule has 0 aliphatic carbocycles. The van der Waals surface area contributed by atoms with Crippen LogP contribution in [0.4, 0.5) is 0 Å². The van der Waals surface area contributed by atoms with Crippen molar-refractivity contribution in [1.82, 2.24) is 0 Å². The molecule has 6 nitrogen and oxygen atoms in total. The lowest BCUT2D eigenvalue weighted by Crippen LogP contribution is -2.57. The second-order valence-corrected chi connectivity index (χ2v) is 5.14. The van der Waals surface area contributed by atoms with Crippen LogP contribution in [0.25, 0.3) is 0 Å². The zero-order chi connectivity index (χ0) is 13.9. The molecule has 0 bridgehead atoms. The van der Waals surface area contributed by atoms with Crippen LogP contribution in [0, 0.1) is 0 Å². The molecule has 0 spiro atoms. The Morgan fingerprint density at radius 2 is 1.65 bits per heavy atom. The SMILES string of the molecule is CC(=O)O[C@](CC(=O)[O-])(C[N+](C)(C)C)C(C)=O. The number of carboxylic acid groups (broad SMARTS) is 1. The van der Waals surface area contributed by atoms with E-state index in [1.54, 1.807) is 21.1 Å². The van der Waals surface area contributed by atoms with Crippen molar-refractivity contribution in [1.29, 1.82) is 0 Å². The number of quaternary nitrogens is 1. The van der Waals surface area contributed by atoms with Crippen molar-refractivity contribution < 1.29 is 28.7 Å². The van der Waals surface area contributed by atoms with Gasteiger partial charge >= 0.3 is 5.97 Å². The van der Waals surface area contributed by atoms with Crippen LogP contribution in [-0.4, -0.2) is 55.5 Å². The predicted octanol–water partition coefficient (Wildman–Crippen LogP) is -1.28. The van der Waals surface area contributed by atoms with Crippen LogP contribution in [0.2, 0.25) is 0 Å². The molecular formula is C11H19NO5. The first-order valence-electron chi connectivity index (χ1n) is 5.19. The van der Waals surface area contributed by atoms with Gasteiger partial charge in [-0.3, -0.25) is 9.59 Å². The van der Waals surface area contributed by atoms with Crippen LogP contribution in [0.5, 0.6) is 0 Å². The van der Waals surface area contributed by atoms with Gasteiger partial charge in [-0.15, -0.1) is 0 Å². The number of esters is 1. The molecule has 98 valence electrons. The van der Waals surface area contributed by atoms with Gasteiger partial charge in [-0.25, -0.2) is 0 Å². The van der Waals surface area contributed by atoms with Gasteiger partial charge in [-0.1, -0.05) is 0 Å². The van der Waals surface area contributed by atoms with Crippen LogP contribution in [0.1, 0.15) is 20.3 Å². The lowest BCUT2D eigenvalue weighted by molar-refractivity contribution is -0.875. The Kier molecular flexibility index (Phi) is 4.82. The topological polar surface area (TPSA) is 83.5 Å². The first-order chi connectivity index (χ1) is 7.48. The quantitative estimate of drug-likeness (QED) is 0.430. The summed E-state index contributed by atoms with van der Waals surface area (Å²) in [4.78, 5) is 33.4. The monoisotopic (exact) mass is 245 g/mol. The van der Waals surface area contributed by atoms with Crippen molar-refractivity contribution in [2.45, 2.75) is 25.9 Å². The normalized spacial score (nSPS) is 14.9. The standard InChI is InChI=1S/C11H19NO5/c1-8(13)11(6-10(15)16,17-9(2)14)7-12(3,4)5/h6-7H2,1-5H3/t11-/m1/s1. The van der Waals surface area contributed by atoms with E-state index in [4.69, 9.17) is 4.74 Å². The van der Waals surface area contributed by atoms with Crippen LogP contribution in [-0.2, 0) is 19.1 Å². The Balaban J connectivity index is 5.31. The van der Waals surface area contributed by atoms with Crippen molar-refractivity contribution in [2.75, 3.05) is 27.7 Å². The van der Waals surface area contributed by atoms with Gasteiger partial charge in [0, 0.05) is 19.3 Å². The predicted molar refractivity (Wildman–Crippen MR) is 57.7 cm³/mol. The Morgan fingerprint density at radius 1 is 1.18 bits per heavy atom. The highest BCUT2D eigenvalue weighted by Crippen LogP contribution is 2.21. The number of ether oxygens (including phenoxy) is 1. The molecule has 0 rings (SSSR count). The summed E-state index contributed by atoms with van der Waals surface area (Å²) < 4.78 is 5.25. The van der Waals surface area contributed by atoms with Gasteiger partial charge in [0.15, 0.2) is 5.78 Å². The highest BCUT2D eigenvalue weighted by atomic mass is 16.6. The number of ketones is 1. The molecule has 0 fully saturated rings. The van der Waals surface area contributed by atoms with Gasteiger partial charge in [-0.05, 0) is 6.92 Å². The Morgan fingerprint density at radius 3 is 1.88 bits per heavy atom. The number of carboxylic acids is 1. The number of aliphatic carboxylic acids is 1. The van der Waals surface area contributed by atoms with E-state index in [1.165, 1.54) is 6.92 Å². The average molecular weight is 245 g/mol. The van der Waals surface area contributed by atoms with Crippen molar-refractivity contribution >= 4 is 17.7 Å². The number of carbonyl (C=O) groups excluding carboxylic acids is 3.